The predicted molar refractivity (Wildman–Crippen MR) is 97.9 cm³/mol. The zero-order valence-electron chi connectivity index (χ0n) is 13.6. The molecule has 0 fully saturated rings. The summed E-state index contributed by atoms with van der Waals surface area (Å²) < 4.78 is 8.63. The van der Waals surface area contributed by atoms with Crippen LogP contribution in [0.4, 0.5) is 0 Å². The van der Waals surface area contributed by atoms with Crippen LogP contribution in [0.3, 0.4) is 0 Å². The van der Waals surface area contributed by atoms with Gasteiger partial charge < -0.3 is 4.74 Å². The van der Waals surface area contributed by atoms with Crippen molar-refractivity contribution in [1.29, 1.82) is 0 Å². The molecule has 0 aliphatic carbocycles. The van der Waals surface area contributed by atoms with Gasteiger partial charge in [0.2, 0.25) is 0 Å². The molecule has 2 aromatic heterocycles. The first-order valence-electron chi connectivity index (χ1n) is 7.97. The van der Waals surface area contributed by atoms with Crippen molar-refractivity contribution >= 4 is 22.8 Å². The number of para-hydroxylation sites is 1. The molecule has 4 rings (SSSR count). The highest BCUT2D eigenvalue weighted by Crippen LogP contribution is 2.15. The average Bonchev–Trinajstić information content (AvgIpc) is 3.11. The van der Waals surface area contributed by atoms with Gasteiger partial charge in [-0.3, -0.25) is 9.36 Å². The Balaban J connectivity index is 1.55. The van der Waals surface area contributed by atoms with Crippen LogP contribution < -0.4 is 10.3 Å². The monoisotopic (exact) mass is 367 g/mol. The van der Waals surface area contributed by atoms with Crippen LogP contribution in [-0.4, -0.2) is 31.2 Å². The van der Waals surface area contributed by atoms with Crippen LogP contribution in [0.2, 0.25) is 5.02 Å². The van der Waals surface area contributed by atoms with Crippen molar-refractivity contribution in [3.63, 3.8) is 0 Å². The first-order valence-corrected chi connectivity index (χ1v) is 8.35. The van der Waals surface area contributed by atoms with E-state index in [9.17, 15) is 4.79 Å². The van der Waals surface area contributed by atoms with Gasteiger partial charge in [-0.05, 0) is 36.4 Å². The molecule has 0 radical (unpaired) electrons. The highest BCUT2D eigenvalue weighted by Gasteiger charge is 2.13. The van der Waals surface area contributed by atoms with E-state index in [-0.39, 0.29) is 11.1 Å². The topological polar surface area (TPSA) is 74.8 Å². The Kier molecular flexibility index (Phi) is 4.37. The third-order valence-corrected chi connectivity index (χ3v) is 4.10. The SMILES string of the molecule is O=c1c2nnn(-c3ccccc3)c2ncn1CCOc1ccc(Cl)cc1. The van der Waals surface area contributed by atoms with Gasteiger partial charge in [0.05, 0.1) is 12.2 Å². The Labute approximate surface area is 153 Å². The highest BCUT2D eigenvalue weighted by molar-refractivity contribution is 6.30. The fourth-order valence-corrected chi connectivity index (χ4v) is 2.66. The molecule has 0 N–H and O–H groups in total. The second-order valence-electron chi connectivity index (χ2n) is 5.55. The lowest BCUT2D eigenvalue weighted by molar-refractivity contribution is 0.296. The molecule has 0 saturated carbocycles. The van der Waals surface area contributed by atoms with Crippen LogP contribution in [0.25, 0.3) is 16.9 Å². The number of halogens is 1. The van der Waals surface area contributed by atoms with Gasteiger partial charge in [-0.25, -0.2) is 4.98 Å². The number of benzene rings is 2. The molecule has 0 aliphatic heterocycles. The van der Waals surface area contributed by atoms with E-state index < -0.39 is 0 Å². The number of hydrogen-bond acceptors (Lipinski definition) is 5. The molecule has 0 unspecified atom stereocenters. The summed E-state index contributed by atoms with van der Waals surface area (Å²) in [4.78, 5) is 16.9. The standard InChI is InChI=1S/C18H14ClN5O2/c19-13-6-8-15(9-7-13)26-11-10-23-12-20-17-16(18(23)25)21-22-24(17)14-4-2-1-3-5-14/h1-9,12H,10-11H2. The maximum absolute atomic E-state index is 12.6. The summed E-state index contributed by atoms with van der Waals surface area (Å²) in [5, 5.41) is 8.69. The largest absolute Gasteiger partial charge is 0.492 e. The second kappa shape index (κ2) is 6.97. The first-order chi connectivity index (χ1) is 12.7. The molecule has 130 valence electrons. The van der Waals surface area contributed by atoms with Gasteiger partial charge in [-0.2, -0.15) is 4.68 Å². The lowest BCUT2D eigenvalue weighted by atomic mass is 10.3. The number of fused-ring (bicyclic) bond motifs is 1. The smallest absolute Gasteiger partial charge is 0.283 e. The maximum Gasteiger partial charge on any atom is 0.283 e. The van der Waals surface area contributed by atoms with Crippen molar-refractivity contribution in [2.45, 2.75) is 6.54 Å². The quantitative estimate of drug-likeness (QED) is 0.542. The van der Waals surface area contributed by atoms with Gasteiger partial charge in [-0.15, -0.1) is 5.10 Å². The fraction of sp³-hybridized carbons (Fsp3) is 0.111. The third kappa shape index (κ3) is 3.16. The van der Waals surface area contributed by atoms with Crippen molar-refractivity contribution in [1.82, 2.24) is 24.5 Å². The molecule has 0 amide bonds. The molecule has 26 heavy (non-hydrogen) atoms. The number of aromatic nitrogens is 5. The van der Waals surface area contributed by atoms with Crippen molar-refractivity contribution < 1.29 is 4.74 Å². The Morgan fingerprint density at radius 1 is 1.04 bits per heavy atom. The van der Waals surface area contributed by atoms with Crippen LogP contribution >= 0.6 is 11.6 Å². The summed E-state index contributed by atoms with van der Waals surface area (Å²) in [5.41, 5.74) is 1.20. The summed E-state index contributed by atoms with van der Waals surface area (Å²) in [6.45, 7) is 0.671. The zero-order chi connectivity index (χ0) is 17.9. The zero-order valence-corrected chi connectivity index (χ0v) is 14.4. The molecule has 0 aliphatic rings. The molecule has 0 spiro atoms. The molecular formula is C18H14ClN5O2. The summed E-state index contributed by atoms with van der Waals surface area (Å²) in [6, 6.07) is 16.5. The van der Waals surface area contributed by atoms with E-state index in [1.165, 1.54) is 10.9 Å². The van der Waals surface area contributed by atoms with E-state index in [1.807, 2.05) is 30.3 Å². The first kappa shape index (κ1) is 16.3. The van der Waals surface area contributed by atoms with Crippen LogP contribution in [0.15, 0.2) is 65.7 Å². The molecule has 0 saturated heterocycles. The molecule has 7 nitrogen and oxygen atoms in total. The van der Waals surface area contributed by atoms with Gasteiger partial charge in [0.25, 0.3) is 5.56 Å². The minimum absolute atomic E-state index is 0.225. The Hall–Kier alpha value is -3.19. The Morgan fingerprint density at radius 3 is 2.58 bits per heavy atom. The summed E-state index contributed by atoms with van der Waals surface area (Å²) in [6.07, 6.45) is 1.48. The maximum atomic E-state index is 12.6. The number of nitrogens with zero attached hydrogens (tertiary/aromatic N) is 5. The van der Waals surface area contributed by atoms with Gasteiger partial charge in [-0.1, -0.05) is 35.0 Å². The highest BCUT2D eigenvalue weighted by atomic mass is 35.5. The van der Waals surface area contributed by atoms with Crippen LogP contribution in [0.1, 0.15) is 0 Å². The van der Waals surface area contributed by atoms with Gasteiger partial charge in [0.15, 0.2) is 11.2 Å². The van der Waals surface area contributed by atoms with E-state index in [4.69, 9.17) is 16.3 Å². The van der Waals surface area contributed by atoms with Gasteiger partial charge >= 0.3 is 0 Å². The minimum atomic E-state index is -0.253. The van der Waals surface area contributed by atoms with E-state index in [0.29, 0.717) is 29.6 Å². The lowest BCUT2D eigenvalue weighted by Crippen LogP contribution is -2.23. The van der Waals surface area contributed by atoms with Crippen molar-refractivity contribution in [3.05, 3.63) is 76.3 Å². The van der Waals surface area contributed by atoms with E-state index in [0.717, 1.165) is 5.69 Å². The predicted octanol–water partition coefficient (Wildman–Crippen LogP) is 2.71. The number of hydrogen-bond donors (Lipinski definition) is 0. The normalized spacial score (nSPS) is 11.0. The van der Waals surface area contributed by atoms with E-state index in [1.54, 1.807) is 28.9 Å². The number of rotatable bonds is 5. The molecule has 2 heterocycles. The van der Waals surface area contributed by atoms with Crippen molar-refractivity contribution in [2.75, 3.05) is 6.61 Å². The molecule has 0 bridgehead atoms. The molecule has 4 aromatic rings. The van der Waals surface area contributed by atoms with E-state index >= 15 is 0 Å². The summed E-state index contributed by atoms with van der Waals surface area (Å²) in [5.74, 6) is 0.687. The fourth-order valence-electron chi connectivity index (χ4n) is 2.54. The van der Waals surface area contributed by atoms with Crippen molar-refractivity contribution in [3.8, 4) is 11.4 Å². The second-order valence-corrected chi connectivity index (χ2v) is 5.99. The van der Waals surface area contributed by atoms with Crippen LogP contribution in [0.5, 0.6) is 5.75 Å². The average molecular weight is 368 g/mol. The summed E-state index contributed by atoms with van der Waals surface area (Å²) >= 11 is 5.84. The number of ether oxygens (including phenoxy) is 1. The Bertz CT molecular complexity index is 1090. The van der Waals surface area contributed by atoms with Crippen LogP contribution in [-0.2, 0) is 6.54 Å². The molecule has 0 atom stereocenters. The Morgan fingerprint density at radius 2 is 1.81 bits per heavy atom. The molecule has 2 aromatic carbocycles. The molecule has 8 heteroatoms. The summed E-state index contributed by atoms with van der Waals surface area (Å²) in [7, 11) is 0. The lowest BCUT2D eigenvalue weighted by Gasteiger charge is -2.08. The third-order valence-electron chi connectivity index (χ3n) is 3.84. The molecular weight excluding hydrogens is 354 g/mol. The van der Waals surface area contributed by atoms with Crippen molar-refractivity contribution in [2.24, 2.45) is 0 Å². The van der Waals surface area contributed by atoms with Crippen LogP contribution in [0, 0.1) is 0 Å². The minimum Gasteiger partial charge on any atom is -0.492 e. The van der Waals surface area contributed by atoms with E-state index in [2.05, 4.69) is 15.3 Å². The van der Waals surface area contributed by atoms with Gasteiger partial charge in [0, 0.05) is 5.02 Å². The van der Waals surface area contributed by atoms with Gasteiger partial charge in [0.1, 0.15) is 18.7 Å².